The average Bonchev–Trinajstić information content (AvgIpc) is 2.68. The van der Waals surface area contributed by atoms with Crippen LogP contribution in [0.5, 0.6) is 0 Å². The van der Waals surface area contributed by atoms with Crippen molar-refractivity contribution in [1.29, 1.82) is 0 Å². The van der Waals surface area contributed by atoms with Crippen molar-refractivity contribution in [3.05, 3.63) is 65.5 Å². The van der Waals surface area contributed by atoms with Gasteiger partial charge in [-0.3, -0.25) is 4.79 Å². The van der Waals surface area contributed by atoms with Crippen LogP contribution in [0.4, 0.5) is 17.6 Å². The van der Waals surface area contributed by atoms with Gasteiger partial charge in [-0.25, -0.2) is 12.8 Å². The summed E-state index contributed by atoms with van der Waals surface area (Å²) in [6.07, 6.45) is -4.71. The summed E-state index contributed by atoms with van der Waals surface area (Å²) in [4.78, 5) is 13.4. The highest BCUT2D eigenvalue weighted by Crippen LogP contribution is 2.29. The SMILES string of the molecule is O=C(Cc1cccc(C(F)(F)F)c1)N1CCN(S(=O)(=O)c2ccccc2F)CC1. The third-order valence-electron chi connectivity index (χ3n) is 4.66. The fourth-order valence-corrected chi connectivity index (χ4v) is 4.60. The summed E-state index contributed by atoms with van der Waals surface area (Å²) in [5.41, 5.74) is -0.602. The van der Waals surface area contributed by atoms with E-state index in [0.717, 1.165) is 22.5 Å². The van der Waals surface area contributed by atoms with Crippen molar-refractivity contribution >= 4 is 15.9 Å². The minimum atomic E-state index is -4.49. The Balaban J connectivity index is 1.64. The Bertz CT molecular complexity index is 1000. The average molecular weight is 430 g/mol. The first-order valence-electron chi connectivity index (χ1n) is 8.77. The Kier molecular flexibility index (Phi) is 5.95. The standard InChI is InChI=1S/C19H18F4N2O3S/c20-16-6-1-2-7-17(16)29(27,28)25-10-8-24(9-11-25)18(26)13-14-4-3-5-15(12-14)19(21,22)23/h1-7,12H,8-11,13H2. The number of carbonyl (C=O) groups excluding carboxylic acids is 1. The van der Waals surface area contributed by atoms with Gasteiger partial charge in [0.15, 0.2) is 0 Å². The van der Waals surface area contributed by atoms with Gasteiger partial charge in [-0.1, -0.05) is 30.3 Å². The lowest BCUT2D eigenvalue weighted by Gasteiger charge is -2.34. The van der Waals surface area contributed by atoms with Crippen molar-refractivity contribution in [3.8, 4) is 0 Å². The predicted molar refractivity (Wildman–Crippen MR) is 96.9 cm³/mol. The molecule has 0 bridgehead atoms. The highest BCUT2D eigenvalue weighted by Gasteiger charge is 2.33. The van der Waals surface area contributed by atoms with E-state index in [1.54, 1.807) is 0 Å². The van der Waals surface area contributed by atoms with Gasteiger partial charge in [0.1, 0.15) is 10.7 Å². The van der Waals surface area contributed by atoms with Gasteiger partial charge in [-0.15, -0.1) is 0 Å². The molecule has 1 saturated heterocycles. The number of alkyl halides is 3. The van der Waals surface area contributed by atoms with E-state index >= 15 is 0 Å². The molecule has 0 radical (unpaired) electrons. The molecule has 0 atom stereocenters. The molecule has 0 unspecified atom stereocenters. The Hall–Kier alpha value is -2.46. The van der Waals surface area contributed by atoms with Crippen LogP contribution in [0.25, 0.3) is 0 Å². The Morgan fingerprint density at radius 1 is 0.966 bits per heavy atom. The number of hydrogen-bond donors (Lipinski definition) is 0. The van der Waals surface area contributed by atoms with Gasteiger partial charge in [0, 0.05) is 26.2 Å². The second-order valence-electron chi connectivity index (χ2n) is 6.59. The van der Waals surface area contributed by atoms with Crippen molar-refractivity contribution in [2.45, 2.75) is 17.5 Å². The van der Waals surface area contributed by atoms with Crippen LogP contribution >= 0.6 is 0 Å². The lowest BCUT2D eigenvalue weighted by Crippen LogP contribution is -2.51. The zero-order valence-corrected chi connectivity index (χ0v) is 16.0. The van der Waals surface area contributed by atoms with Crippen molar-refractivity contribution in [1.82, 2.24) is 9.21 Å². The number of halogens is 4. The highest BCUT2D eigenvalue weighted by atomic mass is 32.2. The normalized spacial score (nSPS) is 16.1. The monoisotopic (exact) mass is 430 g/mol. The van der Waals surface area contributed by atoms with Crippen molar-refractivity contribution in [3.63, 3.8) is 0 Å². The van der Waals surface area contributed by atoms with Gasteiger partial charge in [-0.2, -0.15) is 17.5 Å². The lowest BCUT2D eigenvalue weighted by atomic mass is 10.1. The molecule has 1 fully saturated rings. The van der Waals surface area contributed by atoms with Crippen LogP contribution in [-0.2, 0) is 27.4 Å². The van der Waals surface area contributed by atoms with Crippen LogP contribution in [0.3, 0.4) is 0 Å². The molecule has 0 saturated carbocycles. The molecule has 1 aliphatic heterocycles. The molecule has 1 heterocycles. The van der Waals surface area contributed by atoms with Crippen LogP contribution in [0.1, 0.15) is 11.1 Å². The predicted octanol–water partition coefficient (Wildman–Crippen LogP) is 2.92. The molecule has 0 aliphatic carbocycles. The number of piperazine rings is 1. The third kappa shape index (κ3) is 4.76. The molecular weight excluding hydrogens is 412 g/mol. The van der Waals surface area contributed by atoms with Crippen LogP contribution in [0.15, 0.2) is 53.4 Å². The number of nitrogens with zero attached hydrogens (tertiary/aromatic N) is 2. The zero-order chi connectivity index (χ0) is 21.2. The van der Waals surface area contributed by atoms with Crippen LogP contribution in [-0.4, -0.2) is 49.7 Å². The second kappa shape index (κ2) is 8.11. The van der Waals surface area contributed by atoms with Crippen molar-refractivity contribution in [2.75, 3.05) is 26.2 Å². The Labute approximate surface area is 165 Å². The molecule has 0 aromatic heterocycles. The van der Waals surface area contributed by atoms with E-state index in [1.807, 2.05) is 0 Å². The van der Waals surface area contributed by atoms with Gasteiger partial charge >= 0.3 is 6.18 Å². The molecule has 1 amide bonds. The van der Waals surface area contributed by atoms with E-state index < -0.39 is 38.4 Å². The van der Waals surface area contributed by atoms with Crippen LogP contribution in [0, 0.1) is 5.82 Å². The van der Waals surface area contributed by atoms with Crippen molar-refractivity contribution in [2.24, 2.45) is 0 Å². The molecule has 0 N–H and O–H groups in total. The summed E-state index contributed by atoms with van der Waals surface area (Å²) < 4.78 is 78.5. The largest absolute Gasteiger partial charge is 0.416 e. The quantitative estimate of drug-likeness (QED) is 0.701. The minimum absolute atomic E-state index is 0.0228. The van der Waals surface area contributed by atoms with E-state index in [9.17, 15) is 30.8 Å². The van der Waals surface area contributed by atoms with Gasteiger partial charge in [0.05, 0.1) is 12.0 Å². The molecule has 1 aliphatic rings. The molecular formula is C19H18F4N2O3S. The second-order valence-corrected chi connectivity index (χ2v) is 8.50. The van der Waals surface area contributed by atoms with Crippen molar-refractivity contribution < 1.29 is 30.8 Å². The Morgan fingerprint density at radius 3 is 2.24 bits per heavy atom. The summed E-state index contributed by atoms with van der Waals surface area (Å²) in [6, 6.07) is 9.58. The van der Waals surface area contributed by atoms with E-state index in [-0.39, 0.29) is 38.2 Å². The smallest absolute Gasteiger partial charge is 0.340 e. The van der Waals surface area contributed by atoms with E-state index in [1.165, 1.54) is 35.2 Å². The summed E-state index contributed by atoms with van der Waals surface area (Å²) in [6.45, 7) is 0.104. The maximum atomic E-state index is 13.9. The molecule has 0 spiro atoms. The highest BCUT2D eigenvalue weighted by molar-refractivity contribution is 7.89. The summed E-state index contributed by atoms with van der Waals surface area (Å²) in [5.74, 6) is -1.25. The first kappa shape index (κ1) is 21.3. The maximum Gasteiger partial charge on any atom is 0.416 e. The van der Waals surface area contributed by atoms with Gasteiger partial charge in [0.2, 0.25) is 15.9 Å². The van der Waals surface area contributed by atoms with Gasteiger partial charge < -0.3 is 4.90 Å². The zero-order valence-electron chi connectivity index (χ0n) is 15.2. The first-order valence-corrected chi connectivity index (χ1v) is 10.2. The van der Waals surface area contributed by atoms with Crippen LogP contribution < -0.4 is 0 Å². The molecule has 2 aromatic rings. The summed E-state index contributed by atoms with van der Waals surface area (Å²) in [5, 5.41) is 0. The topological polar surface area (TPSA) is 57.7 Å². The summed E-state index contributed by atoms with van der Waals surface area (Å²) >= 11 is 0. The number of benzene rings is 2. The minimum Gasteiger partial charge on any atom is -0.340 e. The number of rotatable bonds is 4. The van der Waals surface area contributed by atoms with Gasteiger partial charge in [0.25, 0.3) is 0 Å². The molecule has 156 valence electrons. The first-order chi connectivity index (χ1) is 13.6. The van der Waals surface area contributed by atoms with E-state index in [2.05, 4.69) is 0 Å². The Morgan fingerprint density at radius 2 is 1.62 bits per heavy atom. The van der Waals surface area contributed by atoms with Crippen LogP contribution in [0.2, 0.25) is 0 Å². The number of carbonyl (C=O) groups is 1. The fourth-order valence-electron chi connectivity index (χ4n) is 3.11. The van der Waals surface area contributed by atoms with E-state index in [0.29, 0.717) is 0 Å². The lowest BCUT2D eigenvalue weighted by molar-refractivity contribution is -0.138. The molecule has 2 aromatic carbocycles. The van der Waals surface area contributed by atoms with Gasteiger partial charge in [-0.05, 0) is 23.8 Å². The number of amides is 1. The molecule has 29 heavy (non-hydrogen) atoms. The molecule has 3 rings (SSSR count). The third-order valence-corrected chi connectivity index (χ3v) is 6.59. The fraction of sp³-hybridized carbons (Fsp3) is 0.316. The number of sulfonamides is 1. The summed E-state index contributed by atoms with van der Waals surface area (Å²) in [7, 11) is -4.03. The van der Waals surface area contributed by atoms with E-state index in [4.69, 9.17) is 0 Å². The molecule has 5 nitrogen and oxygen atoms in total. The molecule has 10 heteroatoms. The maximum absolute atomic E-state index is 13.9. The number of hydrogen-bond acceptors (Lipinski definition) is 3.